The summed E-state index contributed by atoms with van der Waals surface area (Å²) in [5.74, 6) is 1.07. The molecule has 1 aromatic carbocycles. The Morgan fingerprint density at radius 1 is 1.17 bits per heavy atom. The molecule has 1 fully saturated rings. The second kappa shape index (κ2) is 4.65. The van der Waals surface area contributed by atoms with Crippen LogP contribution in [0.25, 0.3) is 5.78 Å². The van der Waals surface area contributed by atoms with Gasteiger partial charge in [0, 0.05) is 25.1 Å². The predicted octanol–water partition coefficient (Wildman–Crippen LogP) is 4.33. The smallest absolute Gasteiger partial charge is 0.214 e. The molecule has 1 saturated carbocycles. The summed E-state index contributed by atoms with van der Waals surface area (Å²) in [5, 5.41) is 0. The molecule has 4 nitrogen and oxygen atoms in total. The van der Waals surface area contributed by atoms with Crippen LogP contribution in [0.5, 0.6) is 0 Å². The lowest BCUT2D eigenvalue weighted by Crippen LogP contribution is -2.42. The summed E-state index contributed by atoms with van der Waals surface area (Å²) in [5.41, 5.74) is 5.78. The lowest BCUT2D eigenvalue weighted by atomic mass is 9.92. The number of anilines is 1. The summed E-state index contributed by atoms with van der Waals surface area (Å²) >= 11 is 0. The molecule has 0 bridgehead atoms. The van der Waals surface area contributed by atoms with Crippen molar-refractivity contribution in [3.63, 3.8) is 0 Å². The Morgan fingerprint density at radius 3 is 2.67 bits per heavy atom. The van der Waals surface area contributed by atoms with Crippen LogP contribution in [0.4, 0.5) is 5.69 Å². The summed E-state index contributed by atoms with van der Waals surface area (Å²) in [7, 11) is 2.19. The van der Waals surface area contributed by atoms with Crippen LogP contribution in [-0.4, -0.2) is 14.0 Å². The predicted molar refractivity (Wildman–Crippen MR) is 96.4 cm³/mol. The van der Waals surface area contributed by atoms with Crippen LogP contribution in [0.2, 0.25) is 0 Å². The molecule has 3 aromatic rings. The molecule has 0 N–H and O–H groups in total. The van der Waals surface area contributed by atoms with Gasteiger partial charge in [-0.15, -0.1) is 0 Å². The molecule has 24 heavy (non-hydrogen) atoms. The molecule has 1 aliphatic carbocycles. The summed E-state index contributed by atoms with van der Waals surface area (Å²) in [6.45, 7) is 4.60. The molecule has 1 atom stereocenters. The molecule has 2 aliphatic rings. The summed E-state index contributed by atoms with van der Waals surface area (Å²) in [6, 6.07) is 9.20. The van der Waals surface area contributed by atoms with Crippen molar-refractivity contribution < 1.29 is 0 Å². The van der Waals surface area contributed by atoms with E-state index in [1.165, 1.54) is 48.3 Å². The van der Waals surface area contributed by atoms with Gasteiger partial charge in [0.15, 0.2) is 0 Å². The first-order valence-corrected chi connectivity index (χ1v) is 9.02. The van der Waals surface area contributed by atoms with Crippen LogP contribution in [0.1, 0.15) is 55.6 Å². The number of hydrogen-bond acceptors (Lipinski definition) is 2. The maximum Gasteiger partial charge on any atom is 0.214 e. The Kier molecular flexibility index (Phi) is 2.74. The number of aryl methyl sites for hydroxylation is 2. The molecule has 4 heteroatoms. The van der Waals surface area contributed by atoms with Crippen molar-refractivity contribution in [2.24, 2.45) is 7.05 Å². The fraction of sp³-hybridized carbons (Fsp3) is 0.450. The van der Waals surface area contributed by atoms with Crippen molar-refractivity contribution >= 4 is 11.5 Å². The van der Waals surface area contributed by atoms with E-state index in [4.69, 9.17) is 0 Å². The molecule has 2 aromatic heterocycles. The van der Waals surface area contributed by atoms with Gasteiger partial charge >= 0.3 is 0 Å². The third-order valence-corrected chi connectivity index (χ3v) is 6.25. The standard InChI is InChI=1S/C20H24N4/c1-14-8-4-5-9-16(14)24-15(2)17-18(20(24)10-6-7-11-20)22(3)19-21-12-13-23(17)19/h4-5,8-9,12-13,15H,6-7,10-11H2,1-3H3. The minimum atomic E-state index is 0.121. The number of para-hydroxylation sites is 1. The van der Waals surface area contributed by atoms with Gasteiger partial charge in [-0.25, -0.2) is 4.98 Å². The minimum absolute atomic E-state index is 0.121. The van der Waals surface area contributed by atoms with Crippen molar-refractivity contribution in [1.29, 1.82) is 0 Å². The highest BCUT2D eigenvalue weighted by Crippen LogP contribution is 2.57. The van der Waals surface area contributed by atoms with Gasteiger partial charge in [0.25, 0.3) is 0 Å². The third kappa shape index (κ3) is 1.52. The molecule has 3 heterocycles. The van der Waals surface area contributed by atoms with E-state index in [-0.39, 0.29) is 5.54 Å². The number of nitrogens with zero attached hydrogens (tertiary/aromatic N) is 4. The van der Waals surface area contributed by atoms with Crippen molar-refractivity contribution in [3.8, 4) is 0 Å². The Balaban J connectivity index is 1.82. The molecule has 1 unspecified atom stereocenters. The third-order valence-electron chi connectivity index (χ3n) is 6.25. The van der Waals surface area contributed by atoms with Crippen LogP contribution < -0.4 is 4.90 Å². The quantitative estimate of drug-likeness (QED) is 0.667. The van der Waals surface area contributed by atoms with Crippen LogP contribution in [0, 0.1) is 6.92 Å². The summed E-state index contributed by atoms with van der Waals surface area (Å²) < 4.78 is 4.65. The van der Waals surface area contributed by atoms with E-state index in [1.54, 1.807) is 0 Å². The minimum Gasteiger partial charge on any atom is -0.352 e. The van der Waals surface area contributed by atoms with Gasteiger partial charge in [-0.05, 0) is 38.3 Å². The van der Waals surface area contributed by atoms with Gasteiger partial charge in [-0.2, -0.15) is 0 Å². The van der Waals surface area contributed by atoms with Crippen LogP contribution in [0.3, 0.4) is 0 Å². The van der Waals surface area contributed by atoms with Crippen LogP contribution in [-0.2, 0) is 12.6 Å². The fourth-order valence-corrected chi connectivity index (χ4v) is 5.38. The van der Waals surface area contributed by atoms with Crippen molar-refractivity contribution in [3.05, 3.63) is 53.6 Å². The van der Waals surface area contributed by atoms with Crippen LogP contribution in [0.15, 0.2) is 36.7 Å². The van der Waals surface area contributed by atoms with E-state index in [2.05, 4.69) is 70.2 Å². The number of fused-ring (bicyclic) bond motifs is 4. The maximum absolute atomic E-state index is 4.59. The highest BCUT2D eigenvalue weighted by Gasteiger charge is 2.54. The Labute approximate surface area is 142 Å². The second-order valence-corrected chi connectivity index (χ2v) is 7.46. The molecule has 1 spiro atoms. The Hall–Kier alpha value is -2.23. The first kappa shape index (κ1) is 14.1. The first-order chi connectivity index (χ1) is 11.6. The Morgan fingerprint density at radius 2 is 1.92 bits per heavy atom. The molecular formula is C20H24N4. The van der Waals surface area contributed by atoms with E-state index in [1.807, 2.05) is 6.20 Å². The number of imidazole rings is 2. The van der Waals surface area contributed by atoms with Gasteiger partial charge in [-0.3, -0.25) is 4.40 Å². The monoisotopic (exact) mass is 320 g/mol. The van der Waals surface area contributed by atoms with Gasteiger partial charge in [-0.1, -0.05) is 31.0 Å². The molecule has 124 valence electrons. The maximum atomic E-state index is 4.59. The van der Waals surface area contributed by atoms with E-state index in [0.717, 1.165) is 5.78 Å². The first-order valence-electron chi connectivity index (χ1n) is 9.02. The lowest BCUT2D eigenvalue weighted by Gasteiger charge is -2.41. The lowest BCUT2D eigenvalue weighted by molar-refractivity contribution is 0.396. The fourth-order valence-electron chi connectivity index (χ4n) is 5.38. The highest BCUT2D eigenvalue weighted by atomic mass is 15.3. The number of benzene rings is 1. The van der Waals surface area contributed by atoms with Crippen molar-refractivity contribution in [1.82, 2.24) is 14.0 Å². The largest absolute Gasteiger partial charge is 0.352 e. The van der Waals surface area contributed by atoms with E-state index in [9.17, 15) is 0 Å². The average molecular weight is 320 g/mol. The number of hydrogen-bond donors (Lipinski definition) is 0. The zero-order valence-electron chi connectivity index (χ0n) is 14.7. The number of rotatable bonds is 1. The Bertz CT molecular complexity index is 926. The van der Waals surface area contributed by atoms with E-state index in [0.29, 0.717) is 6.04 Å². The summed E-state index contributed by atoms with van der Waals surface area (Å²) in [4.78, 5) is 7.30. The topological polar surface area (TPSA) is 25.5 Å². The van der Waals surface area contributed by atoms with Gasteiger partial charge in [0.1, 0.15) is 0 Å². The molecular weight excluding hydrogens is 296 g/mol. The zero-order chi connectivity index (χ0) is 16.5. The molecule has 5 rings (SSSR count). The summed E-state index contributed by atoms with van der Waals surface area (Å²) in [6.07, 6.45) is 9.12. The normalized spacial score (nSPS) is 22.0. The molecule has 0 radical (unpaired) electrons. The van der Waals surface area contributed by atoms with E-state index < -0.39 is 0 Å². The molecule has 0 saturated heterocycles. The number of aromatic nitrogens is 3. The van der Waals surface area contributed by atoms with Crippen LogP contribution >= 0.6 is 0 Å². The van der Waals surface area contributed by atoms with Gasteiger partial charge in [0.05, 0.1) is 23.0 Å². The molecule has 0 amide bonds. The SMILES string of the molecule is Cc1ccccc1N1C(C)c2c(n(C)c3nccn23)C12CCCC2. The van der Waals surface area contributed by atoms with E-state index >= 15 is 0 Å². The van der Waals surface area contributed by atoms with Crippen molar-refractivity contribution in [2.45, 2.75) is 51.1 Å². The molecule has 1 aliphatic heterocycles. The highest BCUT2D eigenvalue weighted by molar-refractivity contribution is 5.64. The second-order valence-electron chi connectivity index (χ2n) is 7.46. The van der Waals surface area contributed by atoms with Crippen molar-refractivity contribution in [2.75, 3.05) is 4.90 Å². The zero-order valence-corrected chi connectivity index (χ0v) is 14.7. The van der Waals surface area contributed by atoms with Gasteiger partial charge in [0.2, 0.25) is 5.78 Å². The van der Waals surface area contributed by atoms with Gasteiger partial charge < -0.3 is 9.47 Å². The average Bonchev–Trinajstić information content (AvgIpc) is 3.30.